The van der Waals surface area contributed by atoms with Crippen LogP contribution in [0, 0.1) is 11.6 Å². The molecule has 0 N–H and O–H groups in total. The predicted molar refractivity (Wildman–Crippen MR) is 82.4 cm³/mol. The maximum atomic E-state index is 14.2. The van der Waals surface area contributed by atoms with Gasteiger partial charge in [0.2, 0.25) is 0 Å². The minimum absolute atomic E-state index is 0.0204. The van der Waals surface area contributed by atoms with E-state index in [-0.39, 0.29) is 10.0 Å². The average Bonchev–Trinajstić information content (AvgIpc) is 2.72. The van der Waals surface area contributed by atoms with E-state index in [4.69, 9.17) is 4.74 Å². The van der Waals surface area contributed by atoms with E-state index in [1.807, 2.05) is 0 Å². The summed E-state index contributed by atoms with van der Waals surface area (Å²) >= 11 is 3.33. The minimum atomic E-state index is -0.927. The van der Waals surface area contributed by atoms with Crippen LogP contribution in [-0.4, -0.2) is 29.7 Å². The first-order valence-corrected chi connectivity index (χ1v) is 7.70. The molecular formula is C16H14BrF2N2O2+. The van der Waals surface area contributed by atoms with Crippen LogP contribution < -0.4 is 0 Å². The number of aromatic nitrogens is 1. The van der Waals surface area contributed by atoms with Gasteiger partial charge in [0.05, 0.1) is 14.1 Å². The number of amides is 1. The molecule has 0 radical (unpaired) electrons. The highest BCUT2D eigenvalue weighted by Gasteiger charge is 2.54. The Morgan fingerprint density at radius 2 is 1.96 bits per heavy atom. The molecule has 1 saturated heterocycles. The number of halogens is 3. The second kappa shape index (κ2) is 5.65. The molecule has 2 unspecified atom stereocenters. The minimum Gasteiger partial charge on any atom is -0.405 e. The molecular weight excluding hydrogens is 370 g/mol. The third-order valence-electron chi connectivity index (χ3n) is 4.01. The molecule has 2 heterocycles. The van der Waals surface area contributed by atoms with Crippen LogP contribution >= 0.6 is 15.9 Å². The van der Waals surface area contributed by atoms with E-state index in [0.29, 0.717) is 5.56 Å². The highest BCUT2D eigenvalue weighted by Crippen LogP contribution is 2.46. The number of carbonyl (C=O) groups is 1. The SMILES string of the molecule is C[N+]1(C)C(=O)OC(c2cc(F)ccc2F)C1c1cncc(Br)c1. The number of cyclic esters (lactones) is 1. The zero-order valence-corrected chi connectivity index (χ0v) is 14.0. The van der Waals surface area contributed by atoms with Gasteiger partial charge in [-0.3, -0.25) is 4.98 Å². The largest absolute Gasteiger partial charge is 0.517 e. The van der Waals surface area contributed by atoms with E-state index in [1.165, 1.54) is 0 Å². The fourth-order valence-electron chi connectivity index (χ4n) is 2.86. The molecule has 23 heavy (non-hydrogen) atoms. The van der Waals surface area contributed by atoms with Crippen LogP contribution in [0.2, 0.25) is 0 Å². The second-order valence-electron chi connectivity index (χ2n) is 5.89. The quantitative estimate of drug-likeness (QED) is 0.731. The second-order valence-corrected chi connectivity index (χ2v) is 6.81. The van der Waals surface area contributed by atoms with Crippen molar-refractivity contribution in [3.8, 4) is 0 Å². The predicted octanol–water partition coefficient (Wildman–Crippen LogP) is 4.13. The number of hydrogen-bond acceptors (Lipinski definition) is 3. The van der Waals surface area contributed by atoms with E-state index in [2.05, 4.69) is 20.9 Å². The Morgan fingerprint density at radius 3 is 2.65 bits per heavy atom. The topological polar surface area (TPSA) is 39.2 Å². The molecule has 3 rings (SSSR count). The van der Waals surface area contributed by atoms with Crippen molar-refractivity contribution < 1.29 is 22.8 Å². The Balaban J connectivity index is 2.15. The average molecular weight is 384 g/mol. The molecule has 1 aliphatic heterocycles. The van der Waals surface area contributed by atoms with Gasteiger partial charge in [0.15, 0.2) is 12.1 Å². The standard InChI is InChI=1S/C16H14BrF2N2O2/c1-21(2)14(9-5-10(17)8-20-7-9)15(23-16(21)22)12-6-11(18)3-4-13(12)19/h3-8,14-15H,1-2H3/q+1. The van der Waals surface area contributed by atoms with Gasteiger partial charge in [0.1, 0.15) is 11.6 Å². The summed E-state index contributed by atoms with van der Waals surface area (Å²) in [5.74, 6) is -1.19. The molecule has 1 amide bonds. The maximum Gasteiger partial charge on any atom is 0.517 e. The monoisotopic (exact) mass is 383 g/mol. The molecule has 0 bridgehead atoms. The van der Waals surface area contributed by atoms with E-state index in [9.17, 15) is 13.6 Å². The van der Waals surface area contributed by atoms with Crippen molar-refractivity contribution in [3.63, 3.8) is 0 Å². The molecule has 0 spiro atoms. The van der Waals surface area contributed by atoms with E-state index < -0.39 is 29.9 Å². The van der Waals surface area contributed by atoms with E-state index in [0.717, 1.165) is 22.7 Å². The van der Waals surface area contributed by atoms with E-state index >= 15 is 0 Å². The van der Waals surface area contributed by atoms with Gasteiger partial charge in [0, 0.05) is 28.0 Å². The summed E-state index contributed by atoms with van der Waals surface area (Å²) in [5.41, 5.74) is 0.718. The van der Waals surface area contributed by atoms with Crippen LogP contribution in [-0.2, 0) is 4.74 Å². The molecule has 0 aliphatic carbocycles. The van der Waals surface area contributed by atoms with Gasteiger partial charge in [0.25, 0.3) is 0 Å². The Morgan fingerprint density at radius 1 is 1.22 bits per heavy atom. The maximum absolute atomic E-state index is 14.2. The molecule has 7 heteroatoms. The lowest BCUT2D eigenvalue weighted by Gasteiger charge is -2.27. The van der Waals surface area contributed by atoms with Crippen LogP contribution in [0.25, 0.3) is 0 Å². The third-order valence-corrected chi connectivity index (χ3v) is 4.45. The molecule has 1 aliphatic rings. The summed E-state index contributed by atoms with van der Waals surface area (Å²) in [4.78, 5) is 16.3. The number of rotatable bonds is 2. The number of pyridine rings is 1. The van der Waals surface area contributed by atoms with Gasteiger partial charge >= 0.3 is 6.09 Å². The number of ether oxygens (including phenoxy) is 1. The Kier molecular flexibility index (Phi) is 3.93. The Bertz CT molecular complexity index is 782. The molecule has 1 aromatic heterocycles. The van der Waals surface area contributed by atoms with Crippen molar-refractivity contribution >= 4 is 22.0 Å². The molecule has 2 aromatic rings. The van der Waals surface area contributed by atoms with Crippen LogP contribution in [0.4, 0.5) is 13.6 Å². The number of quaternary nitrogens is 1. The van der Waals surface area contributed by atoms with Crippen molar-refractivity contribution in [2.24, 2.45) is 0 Å². The normalized spacial score (nSPS) is 22.9. The Hall–Kier alpha value is -1.86. The van der Waals surface area contributed by atoms with Crippen LogP contribution in [0.5, 0.6) is 0 Å². The summed E-state index contributed by atoms with van der Waals surface area (Å²) in [7, 11) is 3.34. The van der Waals surface area contributed by atoms with E-state index in [1.54, 1.807) is 32.6 Å². The molecule has 0 saturated carbocycles. The van der Waals surface area contributed by atoms with Crippen molar-refractivity contribution in [1.29, 1.82) is 0 Å². The van der Waals surface area contributed by atoms with Gasteiger partial charge in [-0.2, -0.15) is 4.79 Å². The number of nitrogens with zero attached hydrogens (tertiary/aromatic N) is 2. The number of benzene rings is 1. The first-order chi connectivity index (χ1) is 10.8. The lowest BCUT2D eigenvalue weighted by molar-refractivity contribution is -0.835. The van der Waals surface area contributed by atoms with Crippen molar-refractivity contribution in [1.82, 2.24) is 4.98 Å². The third kappa shape index (κ3) is 2.74. The Labute approximate surface area is 140 Å². The first kappa shape index (κ1) is 16.0. The van der Waals surface area contributed by atoms with Crippen LogP contribution in [0.15, 0.2) is 41.1 Å². The summed E-state index contributed by atoms with van der Waals surface area (Å²) in [6, 6.07) is 4.39. The lowest BCUT2D eigenvalue weighted by atomic mass is 9.95. The number of likely N-dealkylation sites (N-methyl/N-ethyl adjacent to an activating group) is 1. The van der Waals surface area contributed by atoms with Crippen LogP contribution in [0.3, 0.4) is 0 Å². The van der Waals surface area contributed by atoms with Crippen molar-refractivity contribution in [3.05, 3.63) is 63.9 Å². The van der Waals surface area contributed by atoms with Gasteiger partial charge in [-0.05, 0) is 40.2 Å². The summed E-state index contributed by atoms with van der Waals surface area (Å²) in [6.07, 6.45) is 1.77. The first-order valence-electron chi connectivity index (χ1n) is 6.91. The van der Waals surface area contributed by atoms with Gasteiger partial charge in [-0.15, -0.1) is 0 Å². The van der Waals surface area contributed by atoms with Crippen molar-refractivity contribution in [2.45, 2.75) is 12.1 Å². The number of carbonyl (C=O) groups excluding carboxylic acids is 1. The zero-order valence-electron chi connectivity index (χ0n) is 12.5. The summed E-state index contributed by atoms with van der Waals surface area (Å²) in [6.45, 7) is 0. The molecule has 120 valence electrons. The smallest absolute Gasteiger partial charge is 0.405 e. The zero-order chi connectivity index (χ0) is 16.8. The molecule has 1 fully saturated rings. The van der Waals surface area contributed by atoms with Crippen LogP contribution in [0.1, 0.15) is 23.3 Å². The summed E-state index contributed by atoms with van der Waals surface area (Å²) in [5, 5.41) is 0. The summed E-state index contributed by atoms with van der Waals surface area (Å²) < 4.78 is 33.7. The van der Waals surface area contributed by atoms with Gasteiger partial charge < -0.3 is 4.74 Å². The van der Waals surface area contributed by atoms with Crippen molar-refractivity contribution in [2.75, 3.05) is 14.1 Å². The fourth-order valence-corrected chi connectivity index (χ4v) is 3.25. The van der Waals surface area contributed by atoms with Gasteiger partial charge in [-0.1, -0.05) is 0 Å². The van der Waals surface area contributed by atoms with Gasteiger partial charge in [-0.25, -0.2) is 13.3 Å². The highest BCUT2D eigenvalue weighted by molar-refractivity contribution is 9.10. The lowest BCUT2D eigenvalue weighted by Crippen LogP contribution is -2.42. The fraction of sp³-hybridized carbons (Fsp3) is 0.250. The molecule has 2 atom stereocenters. The number of hydrogen-bond donors (Lipinski definition) is 0. The highest BCUT2D eigenvalue weighted by atomic mass is 79.9. The molecule has 1 aromatic carbocycles. The molecule has 4 nitrogen and oxygen atoms in total.